The summed E-state index contributed by atoms with van der Waals surface area (Å²) < 4.78 is 2.27. The first-order chi connectivity index (χ1) is 9.50. The monoisotopic (exact) mass is 272 g/mol. The number of carbonyl (C=O) groups excluding carboxylic acids is 1. The van der Waals surface area contributed by atoms with Gasteiger partial charge in [0.2, 0.25) is 0 Å². The van der Waals surface area contributed by atoms with Crippen molar-refractivity contribution in [1.82, 2.24) is 19.9 Å². The molecule has 0 aliphatic rings. The summed E-state index contributed by atoms with van der Waals surface area (Å²) in [5, 5.41) is 2.88. The largest absolute Gasteiger partial charge is 0.347 e. The molecule has 2 aromatic rings. The SMILES string of the molecule is Cc1cc(CNC(=O)c2cnccn2)c(C)n1C(C)C. The Morgan fingerprint density at radius 3 is 2.65 bits per heavy atom. The highest BCUT2D eigenvalue weighted by atomic mass is 16.1. The second-order valence-corrected chi connectivity index (χ2v) is 5.13. The molecule has 5 heteroatoms. The third-order valence-electron chi connectivity index (χ3n) is 3.34. The lowest BCUT2D eigenvalue weighted by atomic mass is 10.2. The van der Waals surface area contributed by atoms with Gasteiger partial charge < -0.3 is 9.88 Å². The van der Waals surface area contributed by atoms with Crippen molar-refractivity contribution in [3.8, 4) is 0 Å². The predicted octanol–water partition coefficient (Wildman–Crippen LogP) is 2.41. The molecule has 0 spiro atoms. The summed E-state index contributed by atoms with van der Waals surface area (Å²) in [6.45, 7) is 8.98. The molecular weight excluding hydrogens is 252 g/mol. The number of amides is 1. The normalized spacial score (nSPS) is 10.8. The van der Waals surface area contributed by atoms with Crippen molar-refractivity contribution in [2.24, 2.45) is 0 Å². The lowest BCUT2D eigenvalue weighted by Gasteiger charge is -2.14. The Morgan fingerprint density at radius 2 is 2.10 bits per heavy atom. The molecule has 106 valence electrons. The standard InChI is InChI=1S/C15H20N4O/c1-10(2)19-11(3)7-13(12(19)4)8-18-15(20)14-9-16-5-6-17-14/h5-7,9-10H,8H2,1-4H3,(H,18,20). The van der Waals surface area contributed by atoms with E-state index in [4.69, 9.17) is 0 Å². The zero-order valence-corrected chi connectivity index (χ0v) is 12.3. The molecule has 1 amide bonds. The van der Waals surface area contributed by atoms with Crippen molar-refractivity contribution in [3.63, 3.8) is 0 Å². The summed E-state index contributed by atoms with van der Waals surface area (Å²) in [6, 6.07) is 2.53. The van der Waals surface area contributed by atoms with Gasteiger partial charge in [-0.25, -0.2) is 4.98 Å². The minimum atomic E-state index is -0.201. The molecule has 0 unspecified atom stereocenters. The van der Waals surface area contributed by atoms with Gasteiger partial charge in [0.05, 0.1) is 6.20 Å². The van der Waals surface area contributed by atoms with Gasteiger partial charge >= 0.3 is 0 Å². The number of carbonyl (C=O) groups is 1. The van der Waals surface area contributed by atoms with Crippen LogP contribution < -0.4 is 5.32 Å². The Labute approximate surface area is 119 Å². The maximum atomic E-state index is 11.9. The van der Waals surface area contributed by atoms with E-state index in [1.165, 1.54) is 23.8 Å². The second kappa shape index (κ2) is 5.86. The van der Waals surface area contributed by atoms with Crippen molar-refractivity contribution in [2.75, 3.05) is 0 Å². The van der Waals surface area contributed by atoms with Crippen molar-refractivity contribution in [2.45, 2.75) is 40.3 Å². The molecule has 0 saturated heterocycles. The van der Waals surface area contributed by atoms with E-state index in [0.29, 0.717) is 18.3 Å². The first kappa shape index (κ1) is 14.2. The van der Waals surface area contributed by atoms with Crippen LogP contribution in [0.15, 0.2) is 24.7 Å². The summed E-state index contributed by atoms with van der Waals surface area (Å²) in [5.41, 5.74) is 3.87. The molecule has 0 radical (unpaired) electrons. The topological polar surface area (TPSA) is 59.8 Å². The Bertz CT molecular complexity index is 602. The Hall–Kier alpha value is -2.17. The predicted molar refractivity (Wildman–Crippen MR) is 77.5 cm³/mol. The van der Waals surface area contributed by atoms with Crippen LogP contribution in [0.5, 0.6) is 0 Å². The van der Waals surface area contributed by atoms with Gasteiger partial charge in [-0.15, -0.1) is 0 Å². The van der Waals surface area contributed by atoms with Gasteiger partial charge in [-0.1, -0.05) is 0 Å². The lowest BCUT2D eigenvalue weighted by Crippen LogP contribution is -2.24. The van der Waals surface area contributed by atoms with Crippen molar-refractivity contribution in [3.05, 3.63) is 47.3 Å². The summed E-state index contributed by atoms with van der Waals surface area (Å²) in [5.74, 6) is -0.201. The van der Waals surface area contributed by atoms with Crippen molar-refractivity contribution < 1.29 is 4.79 Å². The molecular formula is C15H20N4O. The van der Waals surface area contributed by atoms with E-state index in [1.807, 2.05) is 0 Å². The molecule has 0 atom stereocenters. The smallest absolute Gasteiger partial charge is 0.271 e. The maximum absolute atomic E-state index is 11.9. The average Bonchev–Trinajstić information content (AvgIpc) is 2.71. The number of hydrogen-bond acceptors (Lipinski definition) is 3. The van der Waals surface area contributed by atoms with Crippen LogP contribution in [-0.2, 0) is 6.54 Å². The van der Waals surface area contributed by atoms with Gasteiger partial charge in [0, 0.05) is 36.4 Å². The molecule has 0 aromatic carbocycles. The molecule has 0 saturated carbocycles. The Morgan fingerprint density at radius 1 is 1.35 bits per heavy atom. The highest BCUT2D eigenvalue weighted by molar-refractivity contribution is 5.91. The molecule has 5 nitrogen and oxygen atoms in total. The summed E-state index contributed by atoms with van der Waals surface area (Å²) in [6.07, 6.45) is 4.53. The van der Waals surface area contributed by atoms with Crippen LogP contribution in [0.1, 0.15) is 47.3 Å². The molecule has 1 N–H and O–H groups in total. The quantitative estimate of drug-likeness (QED) is 0.929. The highest BCUT2D eigenvalue weighted by Gasteiger charge is 2.13. The number of aromatic nitrogens is 3. The van der Waals surface area contributed by atoms with Gasteiger partial charge in [-0.2, -0.15) is 0 Å². The van der Waals surface area contributed by atoms with E-state index >= 15 is 0 Å². The third-order valence-corrected chi connectivity index (χ3v) is 3.34. The van der Waals surface area contributed by atoms with Crippen LogP contribution in [0.25, 0.3) is 0 Å². The van der Waals surface area contributed by atoms with E-state index in [9.17, 15) is 4.79 Å². The lowest BCUT2D eigenvalue weighted by molar-refractivity contribution is 0.0945. The third kappa shape index (κ3) is 2.87. The number of nitrogens with one attached hydrogen (secondary N) is 1. The van der Waals surface area contributed by atoms with E-state index in [0.717, 1.165) is 5.56 Å². The van der Waals surface area contributed by atoms with Gasteiger partial charge in [0.25, 0.3) is 5.91 Å². The van der Waals surface area contributed by atoms with Gasteiger partial charge in [-0.05, 0) is 39.3 Å². The van der Waals surface area contributed by atoms with Gasteiger partial charge in [-0.3, -0.25) is 9.78 Å². The van der Waals surface area contributed by atoms with Crippen molar-refractivity contribution in [1.29, 1.82) is 0 Å². The zero-order chi connectivity index (χ0) is 14.7. The summed E-state index contributed by atoms with van der Waals surface area (Å²) in [4.78, 5) is 19.8. The summed E-state index contributed by atoms with van der Waals surface area (Å²) >= 11 is 0. The van der Waals surface area contributed by atoms with E-state index in [1.54, 1.807) is 6.20 Å². The first-order valence-electron chi connectivity index (χ1n) is 6.72. The fourth-order valence-electron chi connectivity index (χ4n) is 2.50. The number of aryl methyl sites for hydroxylation is 1. The van der Waals surface area contributed by atoms with Crippen LogP contribution >= 0.6 is 0 Å². The van der Waals surface area contributed by atoms with Crippen LogP contribution in [0.4, 0.5) is 0 Å². The molecule has 0 aliphatic carbocycles. The number of rotatable bonds is 4. The van der Waals surface area contributed by atoms with E-state index in [-0.39, 0.29) is 5.91 Å². The molecule has 2 rings (SSSR count). The summed E-state index contributed by atoms with van der Waals surface area (Å²) in [7, 11) is 0. The fraction of sp³-hybridized carbons (Fsp3) is 0.400. The first-order valence-corrected chi connectivity index (χ1v) is 6.72. The molecule has 0 aliphatic heterocycles. The molecule has 2 aromatic heterocycles. The van der Waals surface area contributed by atoms with Crippen LogP contribution in [-0.4, -0.2) is 20.4 Å². The zero-order valence-electron chi connectivity index (χ0n) is 12.3. The van der Waals surface area contributed by atoms with E-state index in [2.05, 4.69) is 53.6 Å². The molecule has 0 bridgehead atoms. The Kier molecular flexibility index (Phi) is 4.17. The molecule has 0 fully saturated rings. The fourth-order valence-corrected chi connectivity index (χ4v) is 2.50. The number of hydrogen-bond donors (Lipinski definition) is 1. The van der Waals surface area contributed by atoms with Gasteiger partial charge in [0.15, 0.2) is 0 Å². The minimum absolute atomic E-state index is 0.201. The van der Waals surface area contributed by atoms with Crippen LogP contribution in [0.2, 0.25) is 0 Å². The second-order valence-electron chi connectivity index (χ2n) is 5.13. The highest BCUT2D eigenvalue weighted by Crippen LogP contribution is 2.19. The molecule has 2 heterocycles. The van der Waals surface area contributed by atoms with Crippen molar-refractivity contribution >= 4 is 5.91 Å². The van der Waals surface area contributed by atoms with Crippen LogP contribution in [0.3, 0.4) is 0 Å². The van der Waals surface area contributed by atoms with E-state index < -0.39 is 0 Å². The van der Waals surface area contributed by atoms with Gasteiger partial charge in [0.1, 0.15) is 5.69 Å². The molecule has 20 heavy (non-hydrogen) atoms. The maximum Gasteiger partial charge on any atom is 0.271 e. The Balaban J connectivity index is 2.09. The average molecular weight is 272 g/mol. The van der Waals surface area contributed by atoms with Crippen LogP contribution in [0, 0.1) is 13.8 Å². The number of nitrogens with zero attached hydrogens (tertiary/aromatic N) is 3. The minimum Gasteiger partial charge on any atom is -0.347 e.